The van der Waals surface area contributed by atoms with Crippen LogP contribution in [0, 0.1) is 0 Å². The zero-order valence-corrected chi connectivity index (χ0v) is 11.8. The van der Waals surface area contributed by atoms with E-state index in [1.54, 1.807) is 5.51 Å². The molecule has 1 amide bonds. The summed E-state index contributed by atoms with van der Waals surface area (Å²) in [5, 5.41) is 12.4. The fraction of sp³-hybridized carbons (Fsp3) is 0.333. The van der Waals surface area contributed by atoms with Crippen molar-refractivity contribution in [1.29, 1.82) is 0 Å². The van der Waals surface area contributed by atoms with E-state index in [4.69, 9.17) is 0 Å². The van der Waals surface area contributed by atoms with Crippen molar-refractivity contribution >= 4 is 17.2 Å². The molecule has 1 aliphatic rings. The Kier molecular flexibility index (Phi) is 3.80. The first-order valence-corrected chi connectivity index (χ1v) is 7.57. The Morgan fingerprint density at radius 2 is 2.15 bits per heavy atom. The quantitative estimate of drug-likeness (QED) is 0.888. The van der Waals surface area contributed by atoms with E-state index in [-0.39, 0.29) is 18.6 Å². The topological polar surface area (TPSA) is 62.2 Å². The molecule has 1 aromatic heterocycles. The molecule has 0 spiro atoms. The fourth-order valence-corrected chi connectivity index (χ4v) is 2.99. The highest BCUT2D eigenvalue weighted by molar-refractivity contribution is 7.11. The molecule has 1 saturated carbocycles. The van der Waals surface area contributed by atoms with Gasteiger partial charge in [0.05, 0.1) is 23.9 Å². The molecule has 4 nitrogen and oxygen atoms in total. The summed E-state index contributed by atoms with van der Waals surface area (Å²) in [5.74, 6) is 0.309. The molecule has 1 aromatic carbocycles. The molecule has 20 heavy (non-hydrogen) atoms. The monoisotopic (exact) mass is 288 g/mol. The third kappa shape index (κ3) is 2.73. The Balaban J connectivity index is 1.75. The lowest BCUT2D eigenvalue weighted by Gasteiger charge is -2.16. The number of thiazole rings is 1. The second-order valence-electron chi connectivity index (χ2n) is 4.96. The van der Waals surface area contributed by atoms with E-state index in [1.165, 1.54) is 11.3 Å². The number of aliphatic hydroxyl groups is 1. The number of aromatic nitrogens is 1. The number of amides is 1. The molecule has 3 rings (SSSR count). The van der Waals surface area contributed by atoms with Crippen molar-refractivity contribution in [1.82, 2.24) is 10.3 Å². The van der Waals surface area contributed by atoms with Gasteiger partial charge < -0.3 is 10.4 Å². The molecule has 0 radical (unpaired) electrons. The fourth-order valence-electron chi connectivity index (χ4n) is 2.22. The van der Waals surface area contributed by atoms with E-state index in [0.29, 0.717) is 10.8 Å². The van der Waals surface area contributed by atoms with Gasteiger partial charge >= 0.3 is 0 Å². The highest BCUT2D eigenvalue weighted by Crippen LogP contribution is 2.41. The minimum atomic E-state index is -0.377. The second-order valence-corrected chi connectivity index (χ2v) is 5.82. The van der Waals surface area contributed by atoms with Crippen LogP contribution in [0.1, 0.15) is 45.7 Å². The number of nitrogens with one attached hydrogen (secondary N) is 1. The van der Waals surface area contributed by atoms with Gasteiger partial charge in [0.25, 0.3) is 5.91 Å². The van der Waals surface area contributed by atoms with E-state index < -0.39 is 0 Å². The van der Waals surface area contributed by atoms with Gasteiger partial charge in [-0.3, -0.25) is 4.79 Å². The van der Waals surface area contributed by atoms with Crippen molar-refractivity contribution in [2.75, 3.05) is 6.61 Å². The van der Waals surface area contributed by atoms with Gasteiger partial charge in [0, 0.05) is 5.92 Å². The minimum Gasteiger partial charge on any atom is -0.394 e. The SMILES string of the molecule is O=C(N[C@H](CO)c1ccccc1)c1scnc1C1CC1. The minimum absolute atomic E-state index is 0.118. The lowest BCUT2D eigenvalue weighted by Crippen LogP contribution is -2.30. The molecular formula is C15H16N2O2S. The maximum Gasteiger partial charge on any atom is 0.263 e. The Bertz CT molecular complexity index is 593. The third-order valence-electron chi connectivity index (χ3n) is 3.46. The van der Waals surface area contributed by atoms with Crippen LogP contribution < -0.4 is 5.32 Å². The van der Waals surface area contributed by atoms with E-state index in [1.807, 2.05) is 30.3 Å². The molecule has 2 N–H and O–H groups in total. The van der Waals surface area contributed by atoms with Crippen LogP contribution in [0.25, 0.3) is 0 Å². The van der Waals surface area contributed by atoms with E-state index in [9.17, 15) is 9.90 Å². The van der Waals surface area contributed by atoms with Crippen LogP contribution >= 0.6 is 11.3 Å². The first-order valence-electron chi connectivity index (χ1n) is 6.69. The summed E-state index contributed by atoms with van der Waals surface area (Å²) in [4.78, 5) is 17.3. The van der Waals surface area contributed by atoms with Gasteiger partial charge in [0.1, 0.15) is 4.88 Å². The van der Waals surface area contributed by atoms with Crippen molar-refractivity contribution < 1.29 is 9.90 Å². The zero-order valence-electron chi connectivity index (χ0n) is 11.0. The molecule has 0 aliphatic heterocycles. The first kappa shape index (κ1) is 13.3. The molecule has 1 atom stereocenters. The molecule has 0 saturated heterocycles. The van der Waals surface area contributed by atoms with Crippen molar-refractivity contribution in [3.8, 4) is 0 Å². The van der Waals surface area contributed by atoms with Crippen LogP contribution in [0.15, 0.2) is 35.8 Å². The lowest BCUT2D eigenvalue weighted by atomic mass is 10.1. The lowest BCUT2D eigenvalue weighted by molar-refractivity contribution is 0.0919. The van der Waals surface area contributed by atoms with Gasteiger partial charge in [-0.2, -0.15) is 0 Å². The molecule has 5 heteroatoms. The summed E-state index contributed by atoms with van der Waals surface area (Å²) in [6.07, 6.45) is 2.23. The molecule has 1 heterocycles. The highest BCUT2D eigenvalue weighted by atomic mass is 32.1. The molecule has 1 fully saturated rings. The summed E-state index contributed by atoms with van der Waals surface area (Å²) < 4.78 is 0. The molecular weight excluding hydrogens is 272 g/mol. The second kappa shape index (κ2) is 5.73. The van der Waals surface area contributed by atoms with Crippen LogP contribution in [-0.2, 0) is 0 Å². The number of hydrogen-bond donors (Lipinski definition) is 2. The first-order chi connectivity index (χ1) is 9.79. The number of aliphatic hydroxyl groups excluding tert-OH is 1. The number of hydrogen-bond acceptors (Lipinski definition) is 4. The van der Waals surface area contributed by atoms with Crippen LogP contribution in [0.3, 0.4) is 0 Å². The number of nitrogens with zero attached hydrogens (tertiary/aromatic N) is 1. The normalized spacial score (nSPS) is 15.8. The summed E-state index contributed by atoms with van der Waals surface area (Å²) in [7, 11) is 0. The van der Waals surface area contributed by atoms with Crippen LogP contribution in [0.4, 0.5) is 0 Å². The molecule has 104 valence electrons. The standard InChI is InChI=1S/C15H16N2O2S/c18-8-12(10-4-2-1-3-5-10)17-15(19)14-13(11-6-7-11)16-9-20-14/h1-5,9,11-12,18H,6-8H2,(H,17,19)/t12-/m1/s1. The predicted octanol–water partition coefficient (Wildman–Crippen LogP) is 2.48. The summed E-state index contributed by atoms with van der Waals surface area (Å²) in [6, 6.07) is 9.12. The van der Waals surface area contributed by atoms with Crippen LogP contribution in [-0.4, -0.2) is 22.6 Å². The largest absolute Gasteiger partial charge is 0.394 e. The van der Waals surface area contributed by atoms with Crippen molar-refractivity contribution in [2.24, 2.45) is 0 Å². The Labute approximate surface area is 121 Å². The maximum atomic E-state index is 12.3. The van der Waals surface area contributed by atoms with Crippen molar-refractivity contribution in [3.63, 3.8) is 0 Å². The van der Waals surface area contributed by atoms with Gasteiger partial charge in [-0.1, -0.05) is 30.3 Å². The number of rotatable bonds is 5. The predicted molar refractivity (Wildman–Crippen MR) is 77.8 cm³/mol. The third-order valence-corrected chi connectivity index (χ3v) is 4.30. The highest BCUT2D eigenvalue weighted by Gasteiger charge is 2.31. The number of carbonyl (C=O) groups is 1. The van der Waals surface area contributed by atoms with Gasteiger partial charge in [0.15, 0.2) is 0 Å². The van der Waals surface area contributed by atoms with Gasteiger partial charge in [-0.15, -0.1) is 11.3 Å². The van der Waals surface area contributed by atoms with Gasteiger partial charge in [-0.25, -0.2) is 4.98 Å². The average molecular weight is 288 g/mol. The van der Waals surface area contributed by atoms with Gasteiger partial charge in [0.2, 0.25) is 0 Å². The van der Waals surface area contributed by atoms with Crippen LogP contribution in [0.5, 0.6) is 0 Å². The van der Waals surface area contributed by atoms with Crippen molar-refractivity contribution in [2.45, 2.75) is 24.8 Å². The molecule has 0 unspecified atom stereocenters. The van der Waals surface area contributed by atoms with Crippen molar-refractivity contribution in [3.05, 3.63) is 52.0 Å². The molecule has 1 aliphatic carbocycles. The number of carbonyl (C=O) groups excluding carboxylic acids is 1. The average Bonchev–Trinajstić information content (AvgIpc) is 3.22. The molecule has 0 bridgehead atoms. The Morgan fingerprint density at radius 3 is 2.80 bits per heavy atom. The maximum absolute atomic E-state index is 12.3. The smallest absolute Gasteiger partial charge is 0.263 e. The Morgan fingerprint density at radius 1 is 1.40 bits per heavy atom. The Hall–Kier alpha value is -1.72. The van der Waals surface area contributed by atoms with E-state index in [0.717, 1.165) is 24.1 Å². The van der Waals surface area contributed by atoms with E-state index in [2.05, 4.69) is 10.3 Å². The molecule has 2 aromatic rings. The van der Waals surface area contributed by atoms with Gasteiger partial charge in [-0.05, 0) is 18.4 Å². The summed E-state index contributed by atoms with van der Waals surface area (Å²) >= 11 is 1.37. The zero-order chi connectivity index (χ0) is 13.9. The van der Waals surface area contributed by atoms with E-state index >= 15 is 0 Å². The summed E-state index contributed by atoms with van der Waals surface area (Å²) in [5.41, 5.74) is 3.54. The summed E-state index contributed by atoms with van der Waals surface area (Å²) in [6.45, 7) is -0.118. The number of benzene rings is 1. The van der Waals surface area contributed by atoms with Crippen LogP contribution in [0.2, 0.25) is 0 Å².